The quantitative estimate of drug-likeness (QED) is 0.523. The molecule has 6 nitrogen and oxygen atoms in total. The highest BCUT2D eigenvalue weighted by Gasteiger charge is 2.31. The topological polar surface area (TPSA) is 89.5 Å². The van der Waals surface area contributed by atoms with Crippen molar-refractivity contribution in [3.05, 3.63) is 95.6 Å². The standard InChI is InChI=1S/C23H18F3NO5S/c1-33(30,31)19-12-5-9-16(13-19)22(29)32-20(15-7-3-2-4-8-15)21(28)27-18-11-6-10-17(14-18)23(24,25)26/h2-14,20H,1H3,(H,27,28). The molecule has 0 saturated carbocycles. The molecule has 0 aliphatic carbocycles. The molecule has 0 radical (unpaired) electrons. The zero-order chi connectivity index (χ0) is 24.2. The van der Waals surface area contributed by atoms with Gasteiger partial charge in [-0.2, -0.15) is 13.2 Å². The first-order chi connectivity index (χ1) is 15.4. The van der Waals surface area contributed by atoms with Gasteiger partial charge in [0.1, 0.15) is 0 Å². The first-order valence-electron chi connectivity index (χ1n) is 9.49. The van der Waals surface area contributed by atoms with Gasteiger partial charge < -0.3 is 10.1 Å². The van der Waals surface area contributed by atoms with Gasteiger partial charge in [-0.15, -0.1) is 0 Å². The first kappa shape index (κ1) is 24.0. The number of sulfone groups is 1. The Morgan fingerprint density at radius 2 is 1.58 bits per heavy atom. The third kappa shape index (κ3) is 6.19. The minimum Gasteiger partial charge on any atom is -0.444 e. The Bertz CT molecular complexity index is 1270. The summed E-state index contributed by atoms with van der Waals surface area (Å²) in [5.41, 5.74) is -0.919. The van der Waals surface area contributed by atoms with Crippen LogP contribution in [-0.4, -0.2) is 26.6 Å². The van der Waals surface area contributed by atoms with E-state index < -0.39 is 39.6 Å². The molecular formula is C23H18F3NO5S. The minimum absolute atomic E-state index is 0.106. The van der Waals surface area contributed by atoms with Gasteiger partial charge in [0, 0.05) is 17.5 Å². The molecule has 172 valence electrons. The van der Waals surface area contributed by atoms with Crippen molar-refractivity contribution in [2.75, 3.05) is 11.6 Å². The zero-order valence-corrected chi connectivity index (χ0v) is 18.0. The molecule has 0 aliphatic rings. The van der Waals surface area contributed by atoms with Crippen molar-refractivity contribution < 1.29 is 35.9 Å². The fourth-order valence-electron chi connectivity index (χ4n) is 2.91. The molecule has 0 aliphatic heterocycles. The predicted molar refractivity (Wildman–Crippen MR) is 114 cm³/mol. The minimum atomic E-state index is -4.60. The molecule has 1 N–H and O–H groups in total. The number of rotatable bonds is 6. The van der Waals surface area contributed by atoms with Crippen LogP contribution in [0.5, 0.6) is 0 Å². The van der Waals surface area contributed by atoms with Gasteiger partial charge in [-0.3, -0.25) is 4.79 Å². The highest BCUT2D eigenvalue weighted by molar-refractivity contribution is 7.90. The number of benzene rings is 3. The molecule has 0 fully saturated rings. The second-order valence-corrected chi connectivity index (χ2v) is 9.08. The summed E-state index contributed by atoms with van der Waals surface area (Å²) in [5.74, 6) is -1.86. The summed E-state index contributed by atoms with van der Waals surface area (Å²) >= 11 is 0. The fourth-order valence-corrected chi connectivity index (χ4v) is 3.58. The van der Waals surface area contributed by atoms with Crippen LogP contribution in [0.2, 0.25) is 0 Å². The van der Waals surface area contributed by atoms with Crippen molar-refractivity contribution in [3.63, 3.8) is 0 Å². The van der Waals surface area contributed by atoms with E-state index in [1.807, 2.05) is 0 Å². The molecule has 0 bridgehead atoms. The van der Waals surface area contributed by atoms with Crippen LogP contribution < -0.4 is 5.32 Å². The number of alkyl halides is 3. The smallest absolute Gasteiger partial charge is 0.416 e. The summed E-state index contributed by atoms with van der Waals surface area (Å²) < 4.78 is 67.8. The number of hydrogen-bond donors (Lipinski definition) is 1. The average Bonchev–Trinajstić information content (AvgIpc) is 2.77. The van der Waals surface area contributed by atoms with E-state index in [0.717, 1.165) is 30.5 Å². The van der Waals surface area contributed by atoms with Crippen LogP contribution in [0.4, 0.5) is 18.9 Å². The van der Waals surface area contributed by atoms with Crippen molar-refractivity contribution in [1.29, 1.82) is 0 Å². The first-order valence-corrected chi connectivity index (χ1v) is 11.4. The van der Waals surface area contributed by atoms with Crippen LogP contribution in [0.1, 0.15) is 27.6 Å². The normalized spacial score (nSPS) is 12.6. The van der Waals surface area contributed by atoms with E-state index in [-0.39, 0.29) is 21.7 Å². The van der Waals surface area contributed by atoms with Gasteiger partial charge in [-0.05, 0) is 36.4 Å². The fraction of sp³-hybridized carbons (Fsp3) is 0.130. The van der Waals surface area contributed by atoms with Crippen LogP contribution in [0, 0.1) is 0 Å². The highest BCUT2D eigenvalue weighted by atomic mass is 32.2. The van der Waals surface area contributed by atoms with Gasteiger partial charge in [0.2, 0.25) is 6.10 Å². The van der Waals surface area contributed by atoms with E-state index >= 15 is 0 Å². The van der Waals surface area contributed by atoms with E-state index in [1.165, 1.54) is 36.4 Å². The molecule has 0 aromatic heterocycles. The predicted octanol–water partition coefficient (Wildman–Crippen LogP) is 4.65. The Labute approximate surface area is 187 Å². The molecule has 1 amide bonds. The van der Waals surface area contributed by atoms with Crippen molar-refractivity contribution in [1.82, 2.24) is 0 Å². The Balaban J connectivity index is 1.89. The molecule has 0 spiro atoms. The lowest BCUT2D eigenvalue weighted by atomic mass is 10.1. The van der Waals surface area contributed by atoms with Crippen molar-refractivity contribution in [2.45, 2.75) is 17.2 Å². The van der Waals surface area contributed by atoms with E-state index in [2.05, 4.69) is 5.32 Å². The number of amides is 1. The van der Waals surface area contributed by atoms with Gasteiger partial charge in [-0.25, -0.2) is 13.2 Å². The van der Waals surface area contributed by atoms with Crippen LogP contribution in [0.25, 0.3) is 0 Å². The Kier molecular flexibility index (Phi) is 6.87. The molecule has 1 unspecified atom stereocenters. The number of halogens is 3. The van der Waals surface area contributed by atoms with E-state index in [0.29, 0.717) is 0 Å². The molecule has 10 heteroatoms. The van der Waals surface area contributed by atoms with Gasteiger partial charge in [0.25, 0.3) is 5.91 Å². The van der Waals surface area contributed by atoms with Gasteiger partial charge >= 0.3 is 12.1 Å². The lowest BCUT2D eigenvalue weighted by molar-refractivity contribution is -0.137. The third-order valence-corrected chi connectivity index (χ3v) is 5.63. The summed E-state index contributed by atoms with van der Waals surface area (Å²) in [5, 5.41) is 2.33. The van der Waals surface area contributed by atoms with E-state index in [1.54, 1.807) is 18.2 Å². The van der Waals surface area contributed by atoms with Crippen LogP contribution in [0.3, 0.4) is 0 Å². The second kappa shape index (κ2) is 9.45. The number of carbonyl (C=O) groups is 2. The summed E-state index contributed by atoms with van der Waals surface area (Å²) in [6.07, 6.45) is -5.13. The Morgan fingerprint density at radius 3 is 2.21 bits per heavy atom. The molecule has 0 saturated heterocycles. The monoisotopic (exact) mass is 477 g/mol. The van der Waals surface area contributed by atoms with Crippen LogP contribution >= 0.6 is 0 Å². The number of hydrogen-bond acceptors (Lipinski definition) is 5. The largest absolute Gasteiger partial charge is 0.444 e. The lowest BCUT2D eigenvalue weighted by Gasteiger charge is -2.19. The molecule has 3 aromatic rings. The molecular weight excluding hydrogens is 459 g/mol. The second-order valence-electron chi connectivity index (χ2n) is 7.06. The molecule has 1 atom stereocenters. The number of ether oxygens (including phenoxy) is 1. The SMILES string of the molecule is CS(=O)(=O)c1cccc(C(=O)OC(C(=O)Nc2cccc(C(F)(F)F)c2)c2ccccc2)c1. The lowest BCUT2D eigenvalue weighted by Crippen LogP contribution is -2.26. The average molecular weight is 477 g/mol. The van der Waals surface area contributed by atoms with Gasteiger partial charge in [0.15, 0.2) is 9.84 Å². The molecule has 3 rings (SSSR count). The number of carbonyl (C=O) groups excluding carboxylic acids is 2. The van der Waals surface area contributed by atoms with Gasteiger partial charge in [-0.1, -0.05) is 42.5 Å². The maximum Gasteiger partial charge on any atom is 0.416 e. The number of esters is 1. The summed E-state index contributed by atoms with van der Waals surface area (Å²) in [6.45, 7) is 0. The van der Waals surface area contributed by atoms with E-state index in [4.69, 9.17) is 4.74 Å². The van der Waals surface area contributed by atoms with Crippen LogP contribution in [-0.2, 0) is 25.5 Å². The third-order valence-electron chi connectivity index (χ3n) is 4.52. The maximum absolute atomic E-state index is 13.0. The Morgan fingerprint density at radius 1 is 0.909 bits per heavy atom. The van der Waals surface area contributed by atoms with Crippen molar-refractivity contribution in [3.8, 4) is 0 Å². The van der Waals surface area contributed by atoms with Gasteiger partial charge in [0.05, 0.1) is 16.0 Å². The van der Waals surface area contributed by atoms with Crippen molar-refractivity contribution in [2.24, 2.45) is 0 Å². The highest BCUT2D eigenvalue weighted by Crippen LogP contribution is 2.31. The molecule has 3 aromatic carbocycles. The van der Waals surface area contributed by atoms with E-state index in [9.17, 15) is 31.2 Å². The zero-order valence-electron chi connectivity index (χ0n) is 17.2. The van der Waals surface area contributed by atoms with Crippen molar-refractivity contribution >= 4 is 27.4 Å². The number of anilines is 1. The Hall–Kier alpha value is -3.66. The van der Waals surface area contributed by atoms with Crippen LogP contribution in [0.15, 0.2) is 83.8 Å². The summed E-state index contributed by atoms with van der Waals surface area (Å²) in [4.78, 5) is 25.5. The molecule has 33 heavy (non-hydrogen) atoms. The number of nitrogens with one attached hydrogen (secondary N) is 1. The maximum atomic E-state index is 13.0. The summed E-state index contributed by atoms with van der Waals surface area (Å²) in [6, 6.07) is 17.0. The molecule has 0 heterocycles. The summed E-state index contributed by atoms with van der Waals surface area (Å²) in [7, 11) is -3.59.